The minimum Gasteiger partial charge on any atom is -0.507 e. The maximum absolute atomic E-state index is 11.4. The van der Waals surface area contributed by atoms with E-state index in [1.54, 1.807) is 6.07 Å². The summed E-state index contributed by atoms with van der Waals surface area (Å²) in [6.07, 6.45) is 1.87. The summed E-state index contributed by atoms with van der Waals surface area (Å²) in [6, 6.07) is 39.8. The van der Waals surface area contributed by atoms with Gasteiger partial charge in [-0.25, -0.2) is 4.98 Å². The predicted octanol–water partition coefficient (Wildman–Crippen LogP) is 11.8. The fourth-order valence-electron chi connectivity index (χ4n) is 7.06. The summed E-state index contributed by atoms with van der Waals surface area (Å²) in [5.74, 6) is 0.938. The molecule has 0 bridgehead atoms. The van der Waals surface area contributed by atoms with E-state index in [2.05, 4.69) is 152 Å². The molecule has 0 spiro atoms. The Morgan fingerprint density at radius 1 is 0.608 bits per heavy atom. The zero-order valence-corrected chi connectivity index (χ0v) is 33.3. The van der Waals surface area contributed by atoms with Crippen molar-refractivity contribution in [2.45, 2.75) is 78.7 Å². The Balaban J connectivity index is 0.00000448. The van der Waals surface area contributed by atoms with Crippen LogP contribution in [0.15, 0.2) is 109 Å². The molecule has 0 aliphatic heterocycles. The second-order valence-electron chi connectivity index (χ2n) is 16.2. The second-order valence-corrected chi connectivity index (χ2v) is 16.2. The van der Waals surface area contributed by atoms with Crippen LogP contribution in [0.3, 0.4) is 0 Å². The van der Waals surface area contributed by atoms with Gasteiger partial charge in [-0.1, -0.05) is 126 Å². The van der Waals surface area contributed by atoms with Crippen LogP contribution in [0.1, 0.15) is 77.6 Å². The third-order valence-electron chi connectivity index (χ3n) is 9.99. The standard InChI is InChI=1S/C46H46N3O.Pt/c1-29-23-31(25-32(24-29)37-28-35(45(5,6)7)26-30-15-14-22-47-41(30)37)36-18-13-19-39-42(36)48-43(38-27-34(44(2,3)4)20-21-40(38)50)49(39)46(8,9)33-16-11-10-12-17-33;/h10-24,26-28,50H,1-9H3;/q-1;. The van der Waals surface area contributed by atoms with Gasteiger partial charge in [-0.05, 0) is 71.0 Å². The Hall–Kier alpha value is -4.53. The van der Waals surface area contributed by atoms with Crippen molar-refractivity contribution in [3.05, 3.63) is 138 Å². The van der Waals surface area contributed by atoms with Gasteiger partial charge in [-0.15, -0.1) is 34.9 Å². The average molecular weight is 852 g/mol. The number of benzene rings is 5. The normalized spacial score (nSPS) is 12.3. The molecule has 0 radical (unpaired) electrons. The van der Waals surface area contributed by atoms with E-state index in [0.29, 0.717) is 5.56 Å². The summed E-state index contributed by atoms with van der Waals surface area (Å²) in [4.78, 5) is 10.3. The molecule has 51 heavy (non-hydrogen) atoms. The van der Waals surface area contributed by atoms with E-state index in [1.165, 1.54) is 5.56 Å². The number of pyridine rings is 1. The molecule has 262 valence electrons. The van der Waals surface area contributed by atoms with Gasteiger partial charge in [0, 0.05) is 32.8 Å². The zero-order valence-electron chi connectivity index (χ0n) is 31.0. The number of aromatic nitrogens is 3. The molecule has 0 aliphatic rings. The molecule has 5 aromatic carbocycles. The van der Waals surface area contributed by atoms with Crippen LogP contribution in [-0.2, 0) is 37.4 Å². The summed E-state index contributed by atoms with van der Waals surface area (Å²) in [5, 5.41) is 12.5. The molecule has 1 N–H and O–H groups in total. The van der Waals surface area contributed by atoms with E-state index < -0.39 is 5.54 Å². The number of phenols is 1. The first kappa shape index (κ1) is 36.3. The second kappa shape index (κ2) is 13.2. The van der Waals surface area contributed by atoms with Crippen molar-refractivity contribution >= 4 is 21.9 Å². The number of para-hydroxylation sites is 1. The molecule has 7 aromatic rings. The Labute approximate surface area is 316 Å². The Kier molecular flexibility index (Phi) is 9.40. The molecular formula is C46H46N3OPt-. The van der Waals surface area contributed by atoms with Crippen molar-refractivity contribution in [2.24, 2.45) is 0 Å². The summed E-state index contributed by atoms with van der Waals surface area (Å²) < 4.78 is 2.30. The molecule has 0 aliphatic carbocycles. The summed E-state index contributed by atoms with van der Waals surface area (Å²) in [7, 11) is 0. The van der Waals surface area contributed by atoms with Gasteiger partial charge in [-0.2, -0.15) is 0 Å². The third-order valence-corrected chi connectivity index (χ3v) is 9.99. The van der Waals surface area contributed by atoms with Crippen molar-refractivity contribution < 1.29 is 26.2 Å². The van der Waals surface area contributed by atoms with E-state index in [-0.39, 0.29) is 37.6 Å². The molecule has 0 amide bonds. The SMILES string of the molecule is Cc1cc(-c2cc(C(C)(C)C)cc3cccnc23)[c-]c(-c2cccc3c2nc(-c2cc(C(C)(C)C)ccc2O)n3C(C)(C)c2ccccc2)c1.[Pt]. The van der Waals surface area contributed by atoms with Crippen LogP contribution in [0.2, 0.25) is 0 Å². The minimum absolute atomic E-state index is 0. The Bertz CT molecular complexity index is 2390. The molecule has 5 heteroatoms. The molecule has 0 fully saturated rings. The number of nitrogens with zero attached hydrogens (tertiary/aromatic N) is 3. The van der Waals surface area contributed by atoms with E-state index in [0.717, 1.165) is 66.7 Å². The molecule has 0 saturated carbocycles. The van der Waals surface area contributed by atoms with E-state index in [9.17, 15) is 5.11 Å². The van der Waals surface area contributed by atoms with Crippen molar-refractivity contribution in [1.82, 2.24) is 14.5 Å². The van der Waals surface area contributed by atoms with Crippen LogP contribution >= 0.6 is 0 Å². The summed E-state index contributed by atoms with van der Waals surface area (Å²) in [5.41, 5.74) is 11.6. The molecule has 2 heterocycles. The van der Waals surface area contributed by atoms with Crippen molar-refractivity contribution in [3.8, 4) is 39.4 Å². The Morgan fingerprint density at radius 3 is 1.96 bits per heavy atom. The molecular weight excluding hydrogens is 806 g/mol. The number of hydrogen-bond acceptors (Lipinski definition) is 3. The van der Waals surface area contributed by atoms with Crippen molar-refractivity contribution in [3.63, 3.8) is 0 Å². The van der Waals surface area contributed by atoms with Gasteiger partial charge in [-0.3, -0.25) is 4.98 Å². The van der Waals surface area contributed by atoms with Gasteiger partial charge in [0.2, 0.25) is 0 Å². The van der Waals surface area contributed by atoms with Gasteiger partial charge >= 0.3 is 0 Å². The number of hydrogen-bond donors (Lipinski definition) is 1. The van der Waals surface area contributed by atoms with Crippen LogP contribution in [-0.4, -0.2) is 19.6 Å². The van der Waals surface area contributed by atoms with Crippen LogP contribution in [0.5, 0.6) is 5.75 Å². The number of imidazole rings is 1. The smallest absolute Gasteiger partial charge is 0.144 e. The van der Waals surface area contributed by atoms with Crippen LogP contribution < -0.4 is 0 Å². The average Bonchev–Trinajstić information content (AvgIpc) is 3.47. The summed E-state index contributed by atoms with van der Waals surface area (Å²) >= 11 is 0. The minimum atomic E-state index is -0.492. The van der Waals surface area contributed by atoms with Gasteiger partial charge in [0.1, 0.15) is 11.6 Å². The first-order valence-electron chi connectivity index (χ1n) is 17.5. The van der Waals surface area contributed by atoms with Crippen molar-refractivity contribution in [1.29, 1.82) is 0 Å². The Morgan fingerprint density at radius 2 is 1.27 bits per heavy atom. The van der Waals surface area contributed by atoms with Gasteiger partial charge in [0.25, 0.3) is 0 Å². The molecule has 4 nitrogen and oxygen atoms in total. The van der Waals surface area contributed by atoms with Crippen LogP contribution in [0, 0.1) is 13.0 Å². The van der Waals surface area contributed by atoms with Gasteiger partial charge in [0.05, 0.1) is 22.1 Å². The number of phenolic OH excluding ortho intramolecular Hbond substituents is 1. The number of aryl methyl sites for hydroxylation is 1. The maximum Gasteiger partial charge on any atom is 0.144 e. The predicted molar refractivity (Wildman–Crippen MR) is 209 cm³/mol. The van der Waals surface area contributed by atoms with Crippen LogP contribution in [0.4, 0.5) is 0 Å². The largest absolute Gasteiger partial charge is 0.507 e. The maximum atomic E-state index is 11.4. The van der Waals surface area contributed by atoms with Crippen molar-refractivity contribution in [2.75, 3.05) is 0 Å². The summed E-state index contributed by atoms with van der Waals surface area (Å²) in [6.45, 7) is 19.9. The molecule has 0 atom stereocenters. The molecule has 2 aromatic heterocycles. The zero-order chi connectivity index (χ0) is 35.6. The first-order chi connectivity index (χ1) is 23.6. The van der Waals surface area contributed by atoms with E-state index >= 15 is 0 Å². The fourth-order valence-corrected chi connectivity index (χ4v) is 7.06. The van der Waals surface area contributed by atoms with E-state index in [4.69, 9.17) is 9.97 Å². The number of fused-ring (bicyclic) bond motifs is 2. The van der Waals surface area contributed by atoms with Gasteiger partial charge in [0.15, 0.2) is 0 Å². The first-order valence-corrected chi connectivity index (χ1v) is 17.5. The monoisotopic (exact) mass is 851 g/mol. The van der Waals surface area contributed by atoms with E-state index in [1.807, 2.05) is 24.4 Å². The molecule has 0 unspecified atom stereocenters. The number of aromatic hydroxyl groups is 1. The topological polar surface area (TPSA) is 50.9 Å². The molecule has 0 saturated heterocycles. The van der Waals surface area contributed by atoms with Gasteiger partial charge < -0.3 is 9.67 Å². The quantitative estimate of drug-likeness (QED) is 0.176. The third kappa shape index (κ3) is 6.67. The van der Waals surface area contributed by atoms with Crippen LogP contribution in [0.25, 0.3) is 55.6 Å². The fraction of sp³-hybridized carbons (Fsp3) is 0.261. The number of rotatable bonds is 5. The molecule has 7 rings (SSSR count).